The van der Waals surface area contributed by atoms with Crippen LogP contribution in [-0.4, -0.2) is 31.3 Å². The number of nitro groups is 1. The number of para-hydroxylation sites is 1. The summed E-state index contributed by atoms with van der Waals surface area (Å²) in [7, 11) is 0. The van der Waals surface area contributed by atoms with Crippen molar-refractivity contribution in [3.8, 4) is 5.69 Å². The maximum atomic E-state index is 12.3. The number of furan rings is 1. The lowest BCUT2D eigenvalue weighted by Crippen LogP contribution is -2.24. The largest absolute Gasteiger partial charge is 0.467 e. The summed E-state index contributed by atoms with van der Waals surface area (Å²) in [5.41, 5.74) is 1.77. The topological polar surface area (TPSA) is 116 Å². The number of nitro benzene ring substituents is 1. The molecule has 1 amide bonds. The zero-order valence-corrected chi connectivity index (χ0v) is 17.7. The number of thioether (sulfide) groups is 1. The lowest BCUT2D eigenvalue weighted by molar-refractivity contribution is -0.384. The summed E-state index contributed by atoms with van der Waals surface area (Å²) in [5.74, 6) is 1.37. The highest BCUT2D eigenvalue weighted by molar-refractivity contribution is 7.99. The minimum Gasteiger partial charge on any atom is -0.467 e. The summed E-state index contributed by atoms with van der Waals surface area (Å²) in [5, 5.41) is 22.9. The van der Waals surface area contributed by atoms with Gasteiger partial charge in [-0.05, 0) is 29.8 Å². The number of nitrogens with zero attached hydrogens (tertiary/aromatic N) is 4. The second-order valence-electron chi connectivity index (χ2n) is 6.81. The fourth-order valence-electron chi connectivity index (χ4n) is 3.04. The number of carbonyl (C=O) groups excluding carboxylic acids is 1. The fourth-order valence-corrected chi connectivity index (χ4v) is 3.84. The van der Waals surface area contributed by atoms with Crippen LogP contribution in [0.2, 0.25) is 0 Å². The van der Waals surface area contributed by atoms with Crippen LogP contribution in [0.4, 0.5) is 5.69 Å². The number of amides is 1. The molecule has 162 valence electrons. The number of benzene rings is 2. The van der Waals surface area contributed by atoms with E-state index in [4.69, 9.17) is 4.42 Å². The van der Waals surface area contributed by atoms with Gasteiger partial charge in [-0.3, -0.25) is 19.5 Å². The van der Waals surface area contributed by atoms with Crippen LogP contribution in [0.1, 0.15) is 17.1 Å². The molecule has 0 radical (unpaired) electrons. The molecule has 0 saturated carbocycles. The maximum Gasteiger partial charge on any atom is 0.269 e. The highest BCUT2D eigenvalue weighted by atomic mass is 32.2. The lowest BCUT2D eigenvalue weighted by Gasteiger charge is -2.10. The summed E-state index contributed by atoms with van der Waals surface area (Å²) in [6.45, 7) is 0.323. The van der Waals surface area contributed by atoms with E-state index in [-0.39, 0.29) is 17.3 Å². The van der Waals surface area contributed by atoms with Crippen LogP contribution in [0.3, 0.4) is 0 Å². The van der Waals surface area contributed by atoms with Gasteiger partial charge in [0.2, 0.25) is 5.91 Å². The number of aromatic nitrogens is 3. The molecule has 2 aromatic heterocycles. The Kier molecular flexibility index (Phi) is 6.61. The molecular formula is C22H19N5O4S. The van der Waals surface area contributed by atoms with Crippen LogP contribution in [0.15, 0.2) is 82.6 Å². The summed E-state index contributed by atoms with van der Waals surface area (Å²) in [6, 6.07) is 19.5. The van der Waals surface area contributed by atoms with Crippen molar-refractivity contribution in [1.29, 1.82) is 0 Å². The molecule has 0 atom stereocenters. The lowest BCUT2D eigenvalue weighted by atomic mass is 10.1. The second-order valence-corrected chi connectivity index (χ2v) is 7.76. The van der Waals surface area contributed by atoms with E-state index < -0.39 is 4.92 Å². The van der Waals surface area contributed by atoms with Crippen molar-refractivity contribution in [3.05, 3.63) is 100 Å². The number of rotatable bonds is 9. The van der Waals surface area contributed by atoms with E-state index in [0.717, 1.165) is 11.3 Å². The van der Waals surface area contributed by atoms with Crippen LogP contribution in [-0.2, 0) is 17.8 Å². The fraction of sp³-hybridized carbons (Fsp3) is 0.136. The normalized spacial score (nSPS) is 10.8. The average Bonchev–Trinajstić information content (AvgIpc) is 3.47. The maximum absolute atomic E-state index is 12.3. The number of non-ortho nitro benzene ring substituents is 1. The van der Waals surface area contributed by atoms with Gasteiger partial charge in [0.1, 0.15) is 11.6 Å². The first-order valence-electron chi connectivity index (χ1n) is 9.75. The highest BCUT2D eigenvalue weighted by Gasteiger charge is 2.17. The molecule has 2 heterocycles. The molecule has 0 aliphatic carbocycles. The predicted molar refractivity (Wildman–Crippen MR) is 119 cm³/mol. The Balaban J connectivity index is 1.50. The molecule has 1 N–H and O–H groups in total. The molecule has 0 saturated heterocycles. The second kappa shape index (κ2) is 9.92. The van der Waals surface area contributed by atoms with Crippen molar-refractivity contribution in [1.82, 2.24) is 20.1 Å². The molecule has 4 aromatic rings. The average molecular weight is 449 g/mol. The van der Waals surface area contributed by atoms with Gasteiger partial charge in [0, 0.05) is 24.2 Å². The predicted octanol–water partition coefficient (Wildman–Crippen LogP) is 3.77. The van der Waals surface area contributed by atoms with E-state index in [1.807, 2.05) is 34.9 Å². The van der Waals surface area contributed by atoms with Crippen molar-refractivity contribution >= 4 is 23.4 Å². The molecule has 0 spiro atoms. The van der Waals surface area contributed by atoms with Gasteiger partial charge in [-0.25, -0.2) is 0 Å². The van der Waals surface area contributed by atoms with E-state index in [1.165, 1.54) is 23.9 Å². The molecule has 0 aliphatic heterocycles. The van der Waals surface area contributed by atoms with Crippen LogP contribution < -0.4 is 5.32 Å². The van der Waals surface area contributed by atoms with E-state index >= 15 is 0 Å². The van der Waals surface area contributed by atoms with E-state index in [9.17, 15) is 14.9 Å². The Morgan fingerprint density at radius 1 is 1.06 bits per heavy atom. The molecule has 32 heavy (non-hydrogen) atoms. The van der Waals surface area contributed by atoms with E-state index in [1.54, 1.807) is 30.5 Å². The van der Waals surface area contributed by atoms with Gasteiger partial charge < -0.3 is 9.73 Å². The third kappa shape index (κ3) is 5.22. The van der Waals surface area contributed by atoms with Gasteiger partial charge in [-0.2, -0.15) is 0 Å². The molecule has 0 aliphatic rings. The smallest absolute Gasteiger partial charge is 0.269 e. The van der Waals surface area contributed by atoms with Crippen molar-refractivity contribution in [2.75, 3.05) is 5.75 Å². The number of carbonyl (C=O) groups is 1. The van der Waals surface area contributed by atoms with Crippen molar-refractivity contribution in [3.63, 3.8) is 0 Å². The zero-order chi connectivity index (χ0) is 22.3. The summed E-state index contributed by atoms with van der Waals surface area (Å²) >= 11 is 1.28. The summed E-state index contributed by atoms with van der Waals surface area (Å²) in [6.07, 6.45) is 2.00. The zero-order valence-electron chi connectivity index (χ0n) is 16.9. The number of nitrogens with one attached hydrogen (secondary N) is 1. The van der Waals surface area contributed by atoms with Gasteiger partial charge >= 0.3 is 0 Å². The van der Waals surface area contributed by atoms with Crippen LogP contribution in [0.25, 0.3) is 5.69 Å². The Labute approximate surface area is 187 Å². The third-order valence-corrected chi connectivity index (χ3v) is 5.53. The first-order valence-corrected chi connectivity index (χ1v) is 10.7. The molecule has 10 heteroatoms. The number of hydrogen-bond donors (Lipinski definition) is 1. The molecule has 4 rings (SSSR count). The van der Waals surface area contributed by atoms with Crippen molar-refractivity contribution < 1.29 is 14.1 Å². The molecule has 0 bridgehead atoms. The summed E-state index contributed by atoms with van der Waals surface area (Å²) < 4.78 is 7.11. The van der Waals surface area contributed by atoms with E-state index in [2.05, 4.69) is 15.5 Å². The van der Waals surface area contributed by atoms with Gasteiger partial charge in [0.15, 0.2) is 5.16 Å². The van der Waals surface area contributed by atoms with Gasteiger partial charge in [0.25, 0.3) is 5.69 Å². The highest BCUT2D eigenvalue weighted by Crippen LogP contribution is 2.24. The number of hydrogen-bond acceptors (Lipinski definition) is 7. The third-order valence-electron chi connectivity index (χ3n) is 4.60. The standard InChI is InChI=1S/C22H19N5O4S/c28-21(23-14-19-7-4-12-31-19)15-32-22-25-24-20(26(22)17-5-2-1-3-6-17)13-16-8-10-18(11-9-16)27(29)30/h1-12H,13-15H2,(H,23,28). The Hall–Kier alpha value is -3.92. The van der Waals surface area contributed by atoms with Gasteiger partial charge in [-0.15, -0.1) is 10.2 Å². The first-order chi connectivity index (χ1) is 15.6. The van der Waals surface area contributed by atoms with Crippen LogP contribution in [0.5, 0.6) is 0 Å². The minimum absolute atomic E-state index is 0.0371. The molecule has 0 fully saturated rings. The van der Waals surface area contributed by atoms with Crippen LogP contribution in [0, 0.1) is 10.1 Å². The quantitative estimate of drug-likeness (QED) is 0.235. The molecular weight excluding hydrogens is 430 g/mol. The van der Waals surface area contributed by atoms with Crippen molar-refractivity contribution in [2.24, 2.45) is 0 Å². The van der Waals surface area contributed by atoms with Gasteiger partial charge in [-0.1, -0.05) is 42.1 Å². The molecule has 0 unspecified atom stereocenters. The summed E-state index contributed by atoms with van der Waals surface area (Å²) in [4.78, 5) is 22.7. The van der Waals surface area contributed by atoms with Gasteiger partial charge in [0.05, 0.1) is 23.5 Å². The Bertz CT molecular complexity index is 1190. The molecule has 9 nitrogen and oxygen atoms in total. The Morgan fingerprint density at radius 3 is 2.53 bits per heavy atom. The molecule has 2 aromatic carbocycles. The Morgan fingerprint density at radius 2 is 1.84 bits per heavy atom. The van der Waals surface area contributed by atoms with E-state index in [0.29, 0.717) is 29.7 Å². The minimum atomic E-state index is -0.429. The van der Waals surface area contributed by atoms with Crippen LogP contribution >= 0.6 is 11.8 Å². The monoisotopic (exact) mass is 449 g/mol. The van der Waals surface area contributed by atoms with Crippen molar-refractivity contribution in [2.45, 2.75) is 18.1 Å². The first kappa shape index (κ1) is 21.3. The SMILES string of the molecule is O=C(CSc1nnc(Cc2ccc([N+](=O)[O-])cc2)n1-c1ccccc1)NCc1ccco1.